The lowest BCUT2D eigenvalue weighted by Gasteiger charge is -2.03. The third-order valence-corrected chi connectivity index (χ3v) is 5.28. The minimum Gasteiger partial charge on any atom is -0.508 e. The first-order chi connectivity index (χ1) is 14.3. The largest absolute Gasteiger partial charge is 0.508 e. The van der Waals surface area contributed by atoms with E-state index in [0.717, 1.165) is 27.2 Å². The summed E-state index contributed by atoms with van der Waals surface area (Å²) in [6, 6.07) is 22.6. The molecule has 0 atom stereocenters. The molecule has 0 radical (unpaired) electrons. The Labute approximate surface area is 170 Å². The second-order valence-corrected chi connectivity index (χ2v) is 7.25. The predicted molar refractivity (Wildman–Crippen MR) is 114 cm³/mol. The van der Waals surface area contributed by atoms with Gasteiger partial charge in [0, 0.05) is 28.6 Å². The molecule has 0 saturated carbocycles. The zero-order valence-electron chi connectivity index (χ0n) is 15.2. The molecule has 5 nitrogen and oxygen atoms in total. The van der Waals surface area contributed by atoms with Gasteiger partial charge in [-0.25, -0.2) is 9.97 Å². The highest BCUT2D eigenvalue weighted by Gasteiger charge is 2.12. The summed E-state index contributed by atoms with van der Waals surface area (Å²) in [4.78, 5) is 13.7. The molecule has 0 aliphatic carbocycles. The van der Waals surface area contributed by atoms with Crippen molar-refractivity contribution < 1.29 is 9.52 Å². The number of thiazole rings is 1. The molecule has 0 aliphatic rings. The van der Waals surface area contributed by atoms with Gasteiger partial charge in [0.1, 0.15) is 16.3 Å². The molecule has 0 saturated heterocycles. The van der Waals surface area contributed by atoms with Gasteiger partial charge < -0.3 is 9.52 Å². The molecule has 140 valence electrons. The molecule has 5 rings (SSSR count). The van der Waals surface area contributed by atoms with Crippen LogP contribution in [0.4, 0.5) is 5.82 Å². The molecule has 5 aromatic rings. The third-order valence-electron chi connectivity index (χ3n) is 4.40. The summed E-state index contributed by atoms with van der Waals surface area (Å²) in [7, 11) is 0. The first kappa shape index (κ1) is 17.3. The normalized spacial score (nSPS) is 11.8. The van der Waals surface area contributed by atoms with Crippen LogP contribution in [-0.2, 0) is 0 Å². The molecular weight excluding hydrogens is 382 g/mol. The van der Waals surface area contributed by atoms with Crippen LogP contribution >= 0.6 is 11.3 Å². The van der Waals surface area contributed by atoms with E-state index in [1.807, 2.05) is 66.0 Å². The highest BCUT2D eigenvalue weighted by molar-refractivity contribution is 7.13. The van der Waals surface area contributed by atoms with Crippen LogP contribution in [0, 0.1) is 0 Å². The van der Waals surface area contributed by atoms with Gasteiger partial charge in [-0.2, -0.15) is 4.99 Å². The second kappa shape index (κ2) is 7.33. The van der Waals surface area contributed by atoms with Crippen LogP contribution in [0.2, 0.25) is 0 Å². The number of hydrogen-bond donors (Lipinski definition) is 1. The average molecular weight is 397 g/mol. The summed E-state index contributed by atoms with van der Waals surface area (Å²) >= 11 is 1.53. The van der Waals surface area contributed by atoms with E-state index in [4.69, 9.17) is 9.40 Å². The molecule has 0 bridgehead atoms. The number of aromatic hydroxyl groups is 1. The van der Waals surface area contributed by atoms with Gasteiger partial charge >= 0.3 is 0 Å². The summed E-state index contributed by atoms with van der Waals surface area (Å²) in [6.45, 7) is 0. The zero-order chi connectivity index (χ0) is 19.6. The molecular formula is C23H15N3O2S. The van der Waals surface area contributed by atoms with Crippen molar-refractivity contribution >= 4 is 28.1 Å². The van der Waals surface area contributed by atoms with E-state index in [-0.39, 0.29) is 5.75 Å². The van der Waals surface area contributed by atoms with Gasteiger partial charge in [-0.15, -0.1) is 11.3 Å². The Balaban J connectivity index is 1.72. The first-order valence-corrected chi connectivity index (χ1v) is 9.88. The number of rotatable bonds is 3. The van der Waals surface area contributed by atoms with Crippen molar-refractivity contribution in [2.75, 3.05) is 0 Å². The van der Waals surface area contributed by atoms with Crippen molar-refractivity contribution in [3.63, 3.8) is 0 Å². The molecule has 2 aromatic carbocycles. The maximum absolute atomic E-state index is 9.81. The highest BCUT2D eigenvalue weighted by atomic mass is 32.1. The van der Waals surface area contributed by atoms with Crippen LogP contribution in [0.1, 0.15) is 0 Å². The SMILES string of the molecule is Oc1ccc2cc(-c3nc(-c4ccccc4)cs3)c(=Nc3ccccn3)oc2c1. The van der Waals surface area contributed by atoms with Crippen LogP contribution in [0.5, 0.6) is 5.75 Å². The van der Waals surface area contributed by atoms with Crippen LogP contribution in [-0.4, -0.2) is 15.1 Å². The molecule has 0 fully saturated rings. The summed E-state index contributed by atoms with van der Waals surface area (Å²) in [5, 5.41) is 13.5. The smallest absolute Gasteiger partial charge is 0.231 e. The van der Waals surface area contributed by atoms with Crippen LogP contribution < -0.4 is 5.55 Å². The van der Waals surface area contributed by atoms with E-state index in [1.54, 1.807) is 18.3 Å². The Hall–Kier alpha value is -3.77. The predicted octanol–water partition coefficient (Wildman–Crippen LogP) is 5.56. The fourth-order valence-corrected chi connectivity index (χ4v) is 3.84. The zero-order valence-corrected chi connectivity index (χ0v) is 16.0. The minimum atomic E-state index is 0.137. The Morgan fingerprint density at radius 3 is 2.62 bits per heavy atom. The van der Waals surface area contributed by atoms with Gasteiger partial charge in [-0.1, -0.05) is 36.4 Å². The standard InChI is InChI=1S/C23H15N3O2S/c27-17-10-9-16-12-18(23-25-19(14-29-23)15-6-2-1-3-7-15)22(28-20(16)13-17)26-21-8-4-5-11-24-21/h1-14,27H. The Kier molecular flexibility index (Phi) is 4.38. The number of aromatic nitrogens is 2. The Bertz CT molecular complexity index is 1360. The van der Waals surface area contributed by atoms with E-state index < -0.39 is 0 Å². The molecule has 6 heteroatoms. The molecule has 3 heterocycles. The molecule has 3 aromatic heterocycles. The molecule has 0 amide bonds. The maximum Gasteiger partial charge on any atom is 0.231 e. The minimum absolute atomic E-state index is 0.137. The molecule has 0 spiro atoms. The maximum atomic E-state index is 9.81. The van der Waals surface area contributed by atoms with Crippen molar-refractivity contribution in [2.24, 2.45) is 4.99 Å². The lowest BCUT2D eigenvalue weighted by Crippen LogP contribution is -2.05. The van der Waals surface area contributed by atoms with Crippen molar-refractivity contribution in [1.29, 1.82) is 0 Å². The summed E-state index contributed by atoms with van der Waals surface area (Å²) in [5.41, 5.74) is 3.68. The van der Waals surface area contributed by atoms with Gasteiger partial charge in [-0.05, 0) is 30.3 Å². The van der Waals surface area contributed by atoms with E-state index in [0.29, 0.717) is 17.0 Å². The number of pyridine rings is 1. The average Bonchev–Trinajstić information content (AvgIpc) is 3.25. The van der Waals surface area contributed by atoms with E-state index >= 15 is 0 Å². The van der Waals surface area contributed by atoms with Gasteiger partial charge in [0.15, 0.2) is 5.82 Å². The van der Waals surface area contributed by atoms with Crippen LogP contribution in [0.25, 0.3) is 32.8 Å². The van der Waals surface area contributed by atoms with Crippen LogP contribution in [0.3, 0.4) is 0 Å². The number of benzene rings is 2. The highest BCUT2D eigenvalue weighted by Crippen LogP contribution is 2.29. The van der Waals surface area contributed by atoms with E-state index in [9.17, 15) is 5.11 Å². The topological polar surface area (TPSA) is 71.5 Å². The lowest BCUT2D eigenvalue weighted by molar-refractivity contribution is 0.472. The number of phenolic OH excluding ortho intramolecular Hbond substituents is 1. The molecule has 0 aliphatic heterocycles. The van der Waals surface area contributed by atoms with Crippen molar-refractivity contribution in [1.82, 2.24) is 9.97 Å². The number of phenols is 1. The van der Waals surface area contributed by atoms with E-state index in [2.05, 4.69) is 9.98 Å². The number of hydrogen-bond acceptors (Lipinski definition) is 6. The quantitative estimate of drug-likeness (QED) is 0.433. The molecule has 29 heavy (non-hydrogen) atoms. The third kappa shape index (κ3) is 3.53. The fourth-order valence-electron chi connectivity index (χ4n) is 3.01. The number of nitrogens with zero attached hydrogens (tertiary/aromatic N) is 3. The lowest BCUT2D eigenvalue weighted by atomic mass is 10.1. The second-order valence-electron chi connectivity index (χ2n) is 6.39. The van der Waals surface area contributed by atoms with Crippen molar-refractivity contribution in [2.45, 2.75) is 0 Å². The van der Waals surface area contributed by atoms with E-state index in [1.165, 1.54) is 11.3 Å². The van der Waals surface area contributed by atoms with Gasteiger partial charge in [0.05, 0.1) is 11.3 Å². The Morgan fingerprint density at radius 1 is 0.931 bits per heavy atom. The monoisotopic (exact) mass is 397 g/mol. The van der Waals surface area contributed by atoms with Gasteiger partial charge in [0.25, 0.3) is 0 Å². The summed E-state index contributed by atoms with van der Waals surface area (Å²) < 4.78 is 6.05. The Morgan fingerprint density at radius 2 is 1.79 bits per heavy atom. The first-order valence-electron chi connectivity index (χ1n) is 9.00. The number of fused-ring (bicyclic) bond motifs is 1. The van der Waals surface area contributed by atoms with Crippen LogP contribution in [0.15, 0.2) is 93.8 Å². The van der Waals surface area contributed by atoms with Gasteiger partial charge in [-0.3, -0.25) is 0 Å². The molecule has 0 unspecified atom stereocenters. The summed E-state index contributed by atoms with van der Waals surface area (Å²) in [6.07, 6.45) is 1.68. The van der Waals surface area contributed by atoms with Crippen molar-refractivity contribution in [3.8, 4) is 27.6 Å². The molecule has 1 N–H and O–H groups in total. The van der Waals surface area contributed by atoms with Gasteiger partial charge in [0.2, 0.25) is 5.55 Å². The van der Waals surface area contributed by atoms with Crippen molar-refractivity contribution in [3.05, 3.63) is 89.9 Å². The fraction of sp³-hybridized carbons (Fsp3) is 0. The summed E-state index contributed by atoms with van der Waals surface area (Å²) in [5.74, 6) is 0.676.